The molecule has 0 saturated heterocycles. The molecule has 0 radical (unpaired) electrons. The standard InChI is InChI=1S/C26H23N5O5/c1-35-20-12-10-17(11-13-20)22-15-23(21-8-3-4-9-24(21)36-2)30-26(27-16-28-30)29(22)25(32)18-6-5-7-19(14-18)31(33)34/h3-14,16,22-23H,15H2,1-2H3/t22-,23+/m0/s1. The number of nitrogens with zero attached hydrogens (tertiary/aromatic N) is 5. The average Bonchev–Trinajstić information content (AvgIpc) is 3.42. The van der Waals surface area contributed by atoms with Crippen LogP contribution in [0.2, 0.25) is 0 Å². The van der Waals surface area contributed by atoms with Gasteiger partial charge in [-0.2, -0.15) is 10.1 Å². The van der Waals surface area contributed by atoms with Crippen molar-refractivity contribution in [3.63, 3.8) is 0 Å². The van der Waals surface area contributed by atoms with Gasteiger partial charge < -0.3 is 9.47 Å². The predicted octanol–water partition coefficient (Wildman–Crippen LogP) is 4.58. The Labute approximate surface area is 206 Å². The van der Waals surface area contributed by atoms with Crippen molar-refractivity contribution in [2.45, 2.75) is 18.5 Å². The van der Waals surface area contributed by atoms with E-state index in [1.807, 2.05) is 48.5 Å². The zero-order valence-electron chi connectivity index (χ0n) is 19.6. The van der Waals surface area contributed by atoms with Gasteiger partial charge in [0.2, 0.25) is 5.95 Å². The van der Waals surface area contributed by atoms with Gasteiger partial charge in [-0.15, -0.1) is 0 Å². The number of methoxy groups -OCH3 is 2. The Kier molecular flexibility index (Phi) is 6.07. The zero-order valence-corrected chi connectivity index (χ0v) is 19.6. The number of fused-ring (bicyclic) bond motifs is 1. The van der Waals surface area contributed by atoms with E-state index < -0.39 is 16.9 Å². The van der Waals surface area contributed by atoms with Crippen molar-refractivity contribution in [2.75, 3.05) is 19.1 Å². The molecular weight excluding hydrogens is 462 g/mol. The van der Waals surface area contributed by atoms with Crippen LogP contribution < -0.4 is 14.4 Å². The van der Waals surface area contributed by atoms with Crippen molar-refractivity contribution < 1.29 is 19.2 Å². The Hall–Kier alpha value is -4.73. The Bertz CT molecular complexity index is 1420. The van der Waals surface area contributed by atoms with Crippen molar-refractivity contribution in [1.82, 2.24) is 14.8 Å². The number of nitro benzene ring substituents is 1. The second kappa shape index (κ2) is 9.49. The molecule has 0 spiro atoms. The summed E-state index contributed by atoms with van der Waals surface area (Å²) in [6.45, 7) is 0. The van der Waals surface area contributed by atoms with Crippen molar-refractivity contribution in [3.8, 4) is 11.5 Å². The van der Waals surface area contributed by atoms with Crippen LogP contribution in [-0.2, 0) is 0 Å². The van der Waals surface area contributed by atoms with Crippen LogP contribution in [0, 0.1) is 10.1 Å². The van der Waals surface area contributed by atoms with Crippen LogP contribution >= 0.6 is 0 Å². The molecule has 5 rings (SSSR count). The van der Waals surface area contributed by atoms with Gasteiger partial charge in [0.1, 0.15) is 17.8 Å². The highest BCUT2D eigenvalue weighted by molar-refractivity contribution is 6.06. The number of hydrogen-bond donors (Lipinski definition) is 0. The molecule has 2 atom stereocenters. The fourth-order valence-corrected chi connectivity index (χ4v) is 4.63. The van der Waals surface area contributed by atoms with Crippen molar-refractivity contribution in [1.29, 1.82) is 0 Å². The summed E-state index contributed by atoms with van der Waals surface area (Å²) < 4.78 is 12.6. The lowest BCUT2D eigenvalue weighted by Crippen LogP contribution is -2.42. The Balaban J connectivity index is 1.66. The Morgan fingerprint density at radius 3 is 2.50 bits per heavy atom. The second-order valence-electron chi connectivity index (χ2n) is 8.27. The molecule has 10 nitrogen and oxygen atoms in total. The third-order valence-electron chi connectivity index (χ3n) is 6.34. The minimum atomic E-state index is -0.520. The maximum atomic E-state index is 13.9. The van der Waals surface area contributed by atoms with Crippen LogP contribution in [0.3, 0.4) is 0 Å². The van der Waals surface area contributed by atoms with Crippen LogP contribution in [0.15, 0.2) is 79.1 Å². The van der Waals surface area contributed by atoms with Crippen LogP contribution in [0.25, 0.3) is 0 Å². The normalized spacial score (nSPS) is 16.8. The van der Waals surface area contributed by atoms with Crippen molar-refractivity contribution in [2.24, 2.45) is 0 Å². The summed E-state index contributed by atoms with van der Waals surface area (Å²) in [6.07, 6.45) is 1.88. The van der Waals surface area contributed by atoms with Gasteiger partial charge >= 0.3 is 0 Å². The number of carbonyl (C=O) groups excluding carboxylic acids is 1. The van der Waals surface area contributed by atoms with Crippen LogP contribution in [0.4, 0.5) is 11.6 Å². The van der Waals surface area contributed by atoms with Gasteiger partial charge in [-0.1, -0.05) is 36.4 Å². The molecule has 182 valence electrons. The molecule has 1 aliphatic heterocycles. The molecule has 10 heteroatoms. The van der Waals surface area contributed by atoms with Gasteiger partial charge in [-0.25, -0.2) is 4.68 Å². The van der Waals surface area contributed by atoms with Gasteiger partial charge in [0.05, 0.1) is 31.2 Å². The summed E-state index contributed by atoms with van der Waals surface area (Å²) in [6, 6.07) is 20.2. The quantitative estimate of drug-likeness (QED) is 0.290. The Morgan fingerprint density at radius 2 is 1.78 bits per heavy atom. The number of benzene rings is 3. The van der Waals surface area contributed by atoms with Gasteiger partial charge in [0.25, 0.3) is 11.6 Å². The van der Waals surface area contributed by atoms with E-state index in [4.69, 9.17) is 9.47 Å². The highest BCUT2D eigenvalue weighted by Crippen LogP contribution is 2.44. The fraction of sp³-hybridized carbons (Fsp3) is 0.192. The molecule has 1 amide bonds. The number of aromatic nitrogens is 3. The second-order valence-corrected chi connectivity index (χ2v) is 8.27. The van der Waals surface area contributed by atoms with Gasteiger partial charge in [0.15, 0.2) is 0 Å². The lowest BCUT2D eigenvalue weighted by Gasteiger charge is -2.39. The Morgan fingerprint density at radius 1 is 1.00 bits per heavy atom. The van der Waals surface area contributed by atoms with Crippen molar-refractivity contribution in [3.05, 3.63) is 106 Å². The maximum absolute atomic E-state index is 13.9. The van der Waals surface area contributed by atoms with E-state index in [1.54, 1.807) is 29.9 Å². The first kappa shape index (κ1) is 23.0. The molecule has 0 bridgehead atoms. The molecule has 4 aromatic rings. The van der Waals surface area contributed by atoms with E-state index in [-0.39, 0.29) is 17.3 Å². The molecule has 1 aliphatic rings. The molecule has 1 aromatic heterocycles. The van der Waals surface area contributed by atoms with E-state index in [2.05, 4.69) is 10.1 Å². The van der Waals surface area contributed by atoms with E-state index >= 15 is 0 Å². The van der Waals surface area contributed by atoms with Gasteiger partial charge in [-0.05, 0) is 36.2 Å². The number of ether oxygens (including phenoxy) is 2. The smallest absolute Gasteiger partial charge is 0.270 e. The minimum Gasteiger partial charge on any atom is -0.497 e. The fourth-order valence-electron chi connectivity index (χ4n) is 4.63. The molecular formula is C26H23N5O5. The summed E-state index contributed by atoms with van der Waals surface area (Å²) in [5.74, 6) is 1.33. The molecule has 36 heavy (non-hydrogen) atoms. The van der Waals surface area contributed by atoms with Gasteiger partial charge in [0, 0.05) is 23.3 Å². The monoisotopic (exact) mass is 485 g/mol. The van der Waals surface area contributed by atoms with Crippen molar-refractivity contribution >= 4 is 17.5 Å². The molecule has 0 N–H and O–H groups in total. The SMILES string of the molecule is COc1ccc([C@@H]2C[C@H](c3ccccc3OC)n3ncnc3N2C(=O)c2cccc([N+](=O)[O-])c2)cc1. The minimum absolute atomic E-state index is 0.160. The highest BCUT2D eigenvalue weighted by Gasteiger charge is 2.40. The van der Waals surface area contributed by atoms with Crippen LogP contribution in [0.1, 0.15) is 40.0 Å². The van der Waals surface area contributed by atoms with E-state index in [9.17, 15) is 14.9 Å². The molecule has 2 heterocycles. The lowest BCUT2D eigenvalue weighted by atomic mass is 9.91. The zero-order chi connectivity index (χ0) is 25.2. The molecule has 0 saturated carbocycles. The third-order valence-corrected chi connectivity index (χ3v) is 6.34. The average molecular weight is 486 g/mol. The summed E-state index contributed by atoms with van der Waals surface area (Å²) in [7, 11) is 3.21. The predicted molar refractivity (Wildman–Crippen MR) is 131 cm³/mol. The number of rotatable bonds is 6. The van der Waals surface area contributed by atoms with E-state index in [1.165, 1.54) is 24.5 Å². The first-order chi connectivity index (χ1) is 17.5. The molecule has 0 unspecified atom stereocenters. The number of anilines is 1. The largest absolute Gasteiger partial charge is 0.497 e. The highest BCUT2D eigenvalue weighted by atomic mass is 16.6. The topological polar surface area (TPSA) is 113 Å². The number of amides is 1. The first-order valence-corrected chi connectivity index (χ1v) is 11.3. The summed E-state index contributed by atoms with van der Waals surface area (Å²) in [4.78, 5) is 30.7. The molecule has 3 aromatic carbocycles. The summed E-state index contributed by atoms with van der Waals surface area (Å²) in [5, 5.41) is 15.8. The number of hydrogen-bond acceptors (Lipinski definition) is 7. The first-order valence-electron chi connectivity index (χ1n) is 11.3. The van der Waals surface area contributed by atoms with Crippen LogP contribution in [-0.4, -0.2) is 39.8 Å². The number of non-ortho nitro benzene ring substituents is 1. The number of carbonyl (C=O) groups is 1. The summed E-state index contributed by atoms with van der Waals surface area (Å²) >= 11 is 0. The lowest BCUT2D eigenvalue weighted by molar-refractivity contribution is -0.384. The number of para-hydroxylation sites is 1. The van der Waals surface area contributed by atoms with Crippen LogP contribution in [0.5, 0.6) is 11.5 Å². The van der Waals surface area contributed by atoms with E-state index in [0.717, 1.165) is 11.1 Å². The summed E-state index contributed by atoms with van der Waals surface area (Å²) in [5.41, 5.74) is 1.80. The number of nitro groups is 1. The van der Waals surface area contributed by atoms with E-state index in [0.29, 0.717) is 23.9 Å². The van der Waals surface area contributed by atoms with Gasteiger partial charge in [-0.3, -0.25) is 19.8 Å². The maximum Gasteiger partial charge on any atom is 0.270 e. The third kappa shape index (κ3) is 4.02. The molecule has 0 fully saturated rings. The molecule has 0 aliphatic carbocycles.